The molecule has 1 spiro atoms. The molecule has 212 valence electrons. The number of carbonyl (C=O) groups is 2. The van der Waals surface area contributed by atoms with Gasteiger partial charge in [0, 0.05) is 32.5 Å². The van der Waals surface area contributed by atoms with Gasteiger partial charge in [-0.15, -0.1) is 0 Å². The maximum absolute atomic E-state index is 13.6. The second-order valence-electron chi connectivity index (χ2n) is 12.6. The van der Waals surface area contributed by atoms with Gasteiger partial charge in [0.15, 0.2) is 11.5 Å². The maximum atomic E-state index is 13.6. The van der Waals surface area contributed by atoms with E-state index in [0.29, 0.717) is 12.8 Å². The van der Waals surface area contributed by atoms with Crippen LogP contribution in [-0.2, 0) is 32.6 Å². The van der Waals surface area contributed by atoms with Crippen molar-refractivity contribution in [3.63, 3.8) is 0 Å². The highest BCUT2D eigenvalue weighted by Gasteiger charge is 2.75. The Morgan fingerprint density at radius 1 is 1.10 bits per heavy atom. The lowest BCUT2D eigenvalue weighted by Crippen LogP contribution is -2.79. The molecule has 5 aliphatic rings. The average Bonchev–Trinajstić information content (AvgIpc) is 3.70. The number of aryl methyl sites for hydroxylation is 1. The van der Waals surface area contributed by atoms with Crippen molar-refractivity contribution in [3.05, 3.63) is 59.2 Å². The molecule has 0 radical (unpaired) electrons. The summed E-state index contributed by atoms with van der Waals surface area (Å²) in [7, 11) is 3.61. The fraction of sp³-hybridized carbons (Fsp3) is 0.576. The largest absolute Gasteiger partial charge is 0.493 e. The predicted molar refractivity (Wildman–Crippen MR) is 151 cm³/mol. The van der Waals surface area contributed by atoms with E-state index < -0.39 is 11.0 Å². The number of likely N-dealkylation sites (N-methyl/N-ethyl adjacent to an activating group) is 1. The Kier molecular flexibility index (Phi) is 6.15. The lowest BCUT2D eigenvalue weighted by molar-refractivity contribution is -0.223. The van der Waals surface area contributed by atoms with Gasteiger partial charge in [0.05, 0.1) is 24.6 Å². The molecule has 2 bridgehead atoms. The predicted octanol–water partition coefficient (Wildman–Crippen LogP) is 4.29. The van der Waals surface area contributed by atoms with Crippen molar-refractivity contribution in [2.75, 3.05) is 27.2 Å². The number of benzene rings is 2. The van der Waals surface area contributed by atoms with Crippen molar-refractivity contribution in [3.8, 4) is 11.5 Å². The first kappa shape index (κ1) is 25.9. The molecule has 0 N–H and O–H groups in total. The van der Waals surface area contributed by atoms with E-state index in [1.807, 2.05) is 36.2 Å². The van der Waals surface area contributed by atoms with Crippen molar-refractivity contribution in [1.82, 2.24) is 9.80 Å². The van der Waals surface area contributed by atoms with E-state index in [-0.39, 0.29) is 30.1 Å². The van der Waals surface area contributed by atoms with Gasteiger partial charge in [-0.25, -0.2) is 0 Å². The number of rotatable bonds is 8. The van der Waals surface area contributed by atoms with Crippen molar-refractivity contribution in [1.29, 1.82) is 0 Å². The van der Waals surface area contributed by atoms with Crippen molar-refractivity contribution < 1.29 is 23.8 Å². The van der Waals surface area contributed by atoms with Crippen molar-refractivity contribution >= 4 is 11.9 Å². The van der Waals surface area contributed by atoms with Crippen LogP contribution in [-0.4, -0.2) is 72.7 Å². The summed E-state index contributed by atoms with van der Waals surface area (Å²) in [6, 6.07) is 14.4. The number of piperidine rings is 1. The van der Waals surface area contributed by atoms with E-state index in [9.17, 15) is 9.59 Å². The number of hydrogen-bond acceptors (Lipinski definition) is 6. The van der Waals surface area contributed by atoms with E-state index in [0.717, 1.165) is 67.3 Å². The third-order valence-corrected chi connectivity index (χ3v) is 10.6. The van der Waals surface area contributed by atoms with Crippen LogP contribution in [0.3, 0.4) is 0 Å². The number of carbonyl (C=O) groups excluding carboxylic acids is 2. The number of likely N-dealkylation sites (tertiary alicyclic amines) is 1. The van der Waals surface area contributed by atoms with E-state index in [2.05, 4.69) is 23.1 Å². The number of ether oxygens (including phenoxy) is 3. The smallest absolute Gasteiger partial charge is 0.303 e. The van der Waals surface area contributed by atoms with Gasteiger partial charge in [-0.3, -0.25) is 14.5 Å². The van der Waals surface area contributed by atoms with Gasteiger partial charge in [0.1, 0.15) is 11.7 Å². The van der Waals surface area contributed by atoms with E-state index in [4.69, 9.17) is 14.2 Å². The highest BCUT2D eigenvalue weighted by atomic mass is 16.6. The summed E-state index contributed by atoms with van der Waals surface area (Å²) in [5.41, 5.74) is 2.39. The van der Waals surface area contributed by atoms with Gasteiger partial charge in [0.25, 0.3) is 0 Å². The molecule has 0 aromatic heterocycles. The zero-order valence-electron chi connectivity index (χ0n) is 23.9. The summed E-state index contributed by atoms with van der Waals surface area (Å²) >= 11 is 0. The minimum atomic E-state index is -0.689. The molecule has 2 aromatic rings. The molecular formula is C33H40N2O5. The zero-order valence-corrected chi connectivity index (χ0v) is 23.9. The monoisotopic (exact) mass is 544 g/mol. The second-order valence-corrected chi connectivity index (χ2v) is 12.6. The van der Waals surface area contributed by atoms with Crippen LogP contribution in [0.25, 0.3) is 0 Å². The molecule has 3 aliphatic carbocycles. The Morgan fingerprint density at radius 3 is 2.62 bits per heavy atom. The van der Waals surface area contributed by atoms with Crippen LogP contribution in [0.1, 0.15) is 62.1 Å². The first-order chi connectivity index (χ1) is 19.4. The van der Waals surface area contributed by atoms with Crippen LogP contribution >= 0.6 is 0 Å². The van der Waals surface area contributed by atoms with E-state index in [1.165, 1.54) is 18.4 Å². The van der Waals surface area contributed by atoms with Gasteiger partial charge < -0.3 is 19.1 Å². The molecule has 2 heterocycles. The van der Waals surface area contributed by atoms with Crippen molar-refractivity contribution in [2.24, 2.45) is 5.92 Å². The summed E-state index contributed by atoms with van der Waals surface area (Å²) < 4.78 is 19.4. The first-order valence-corrected chi connectivity index (χ1v) is 15.0. The molecule has 5 atom stereocenters. The lowest BCUT2D eigenvalue weighted by atomic mass is 9.48. The minimum absolute atomic E-state index is 0.101. The molecule has 2 aliphatic heterocycles. The summed E-state index contributed by atoms with van der Waals surface area (Å²) in [6.07, 6.45) is 6.55. The van der Waals surface area contributed by atoms with Crippen LogP contribution < -0.4 is 9.47 Å². The second kappa shape index (κ2) is 9.51. The Balaban J connectivity index is 1.29. The molecular weight excluding hydrogens is 504 g/mol. The zero-order chi connectivity index (χ0) is 27.6. The SMILES string of the molecule is COc1ccc2c3c1OC1C(N(C)C(=O)CCc4ccccc4)CC[C@@]4(OC(C)=O)[C@@H](C2)N(CC2CC2)CC[C@]314. The third-order valence-electron chi connectivity index (χ3n) is 10.6. The fourth-order valence-electron chi connectivity index (χ4n) is 8.69. The topological polar surface area (TPSA) is 68.3 Å². The number of hydrogen-bond donors (Lipinski definition) is 0. The number of esters is 1. The normalized spacial score (nSPS) is 31.6. The lowest BCUT2D eigenvalue weighted by Gasteiger charge is -2.65. The molecule has 1 amide bonds. The van der Waals surface area contributed by atoms with Gasteiger partial charge in [-0.05, 0) is 74.6 Å². The van der Waals surface area contributed by atoms with Gasteiger partial charge in [-0.1, -0.05) is 36.4 Å². The molecule has 7 nitrogen and oxygen atoms in total. The van der Waals surface area contributed by atoms with Crippen LogP contribution in [0.5, 0.6) is 11.5 Å². The van der Waals surface area contributed by atoms with Crippen LogP contribution in [0.2, 0.25) is 0 Å². The quantitative estimate of drug-likeness (QED) is 0.462. The van der Waals surface area contributed by atoms with E-state index >= 15 is 0 Å². The summed E-state index contributed by atoms with van der Waals surface area (Å²) in [4.78, 5) is 31.0. The molecule has 2 saturated carbocycles. The van der Waals surface area contributed by atoms with Crippen LogP contribution in [0.15, 0.2) is 42.5 Å². The van der Waals surface area contributed by atoms with Gasteiger partial charge in [0.2, 0.25) is 5.91 Å². The molecule has 7 rings (SSSR count). The Labute approximate surface area is 236 Å². The minimum Gasteiger partial charge on any atom is -0.493 e. The van der Waals surface area contributed by atoms with Crippen LogP contribution in [0.4, 0.5) is 0 Å². The maximum Gasteiger partial charge on any atom is 0.303 e. The Morgan fingerprint density at radius 2 is 1.90 bits per heavy atom. The molecule has 40 heavy (non-hydrogen) atoms. The highest BCUT2D eigenvalue weighted by Crippen LogP contribution is 2.67. The standard InChI is InChI=1S/C33H40N2O5/c1-21(36)40-33-16-15-25(34(2)28(37)14-11-22-7-5-4-6-8-22)31-32(33)17-18-35(20-23-9-10-23)27(33)19-24-12-13-26(38-3)30(39-31)29(24)32/h4-8,12-13,23,25,27,31H,9-11,14-20H2,1-3H3/t25?,27-,31?,32+,33-/m1/s1. The van der Waals surface area contributed by atoms with Crippen LogP contribution in [0, 0.1) is 5.92 Å². The summed E-state index contributed by atoms with van der Waals surface area (Å²) in [6.45, 7) is 3.55. The molecule has 7 heteroatoms. The fourth-order valence-corrected chi connectivity index (χ4v) is 8.69. The third kappa shape index (κ3) is 3.73. The molecule has 3 fully saturated rings. The molecule has 2 aromatic carbocycles. The van der Waals surface area contributed by atoms with E-state index in [1.54, 1.807) is 14.0 Å². The number of methoxy groups -OCH3 is 1. The average molecular weight is 545 g/mol. The number of nitrogens with zero attached hydrogens (tertiary/aromatic N) is 2. The summed E-state index contributed by atoms with van der Waals surface area (Å²) in [5.74, 6) is 2.14. The Hall–Kier alpha value is -3.06. The molecule has 1 saturated heterocycles. The van der Waals surface area contributed by atoms with Gasteiger partial charge >= 0.3 is 5.97 Å². The Bertz CT molecular complexity index is 1330. The highest BCUT2D eigenvalue weighted by molar-refractivity contribution is 5.77. The first-order valence-electron chi connectivity index (χ1n) is 15.0. The van der Waals surface area contributed by atoms with Crippen molar-refractivity contribution in [2.45, 2.75) is 87.5 Å². The molecule has 2 unspecified atom stereocenters. The number of amides is 1. The van der Waals surface area contributed by atoms with Gasteiger partial charge in [-0.2, -0.15) is 0 Å². The summed E-state index contributed by atoms with van der Waals surface area (Å²) in [5, 5.41) is 0.